The van der Waals surface area contributed by atoms with Gasteiger partial charge in [-0.2, -0.15) is 0 Å². The molecule has 0 saturated carbocycles. The zero-order valence-corrected chi connectivity index (χ0v) is 24.3. The average Bonchev–Trinajstić information content (AvgIpc) is 3.32. The van der Waals surface area contributed by atoms with Crippen molar-refractivity contribution >= 4 is 23.2 Å². The molecular weight excluding hydrogens is 488 g/mol. The van der Waals surface area contributed by atoms with Gasteiger partial charge in [0.1, 0.15) is 5.75 Å². The van der Waals surface area contributed by atoms with Crippen molar-refractivity contribution in [3.63, 3.8) is 0 Å². The lowest BCUT2D eigenvalue weighted by Crippen LogP contribution is -2.40. The SMILES string of the molecule is CCC[C@@H](C[C@@H](C)NC(=O)c1cc(C)c(NC)cc1C)N1Cc2cnc(Nc3cc(C)cc(OC)c3)nc2C1. The lowest BCUT2D eigenvalue weighted by atomic mass is 10.00. The van der Waals surface area contributed by atoms with Gasteiger partial charge in [-0.05, 0) is 81.5 Å². The number of nitrogens with zero attached hydrogens (tertiary/aromatic N) is 3. The molecule has 2 atom stereocenters. The predicted molar refractivity (Wildman–Crippen MR) is 158 cm³/mol. The molecule has 0 spiro atoms. The largest absolute Gasteiger partial charge is 0.497 e. The normalized spacial score (nSPS) is 14.4. The van der Waals surface area contributed by atoms with E-state index in [9.17, 15) is 4.79 Å². The Bertz CT molecular complexity index is 1320. The molecule has 0 bridgehead atoms. The first-order chi connectivity index (χ1) is 18.7. The van der Waals surface area contributed by atoms with E-state index in [-0.39, 0.29) is 11.9 Å². The fraction of sp³-hybridized carbons (Fsp3) is 0.452. The lowest BCUT2D eigenvalue weighted by Gasteiger charge is -2.30. The van der Waals surface area contributed by atoms with Crippen molar-refractivity contribution in [1.29, 1.82) is 0 Å². The third kappa shape index (κ3) is 6.87. The smallest absolute Gasteiger partial charge is 0.251 e. The zero-order chi connectivity index (χ0) is 28.1. The van der Waals surface area contributed by atoms with E-state index in [1.165, 1.54) is 0 Å². The quantitative estimate of drug-likeness (QED) is 0.285. The molecule has 1 aliphatic heterocycles. The molecule has 39 heavy (non-hydrogen) atoms. The Hall–Kier alpha value is -3.65. The van der Waals surface area contributed by atoms with Gasteiger partial charge >= 0.3 is 0 Å². The highest BCUT2D eigenvalue weighted by Gasteiger charge is 2.29. The highest BCUT2D eigenvalue weighted by atomic mass is 16.5. The fourth-order valence-electron chi connectivity index (χ4n) is 5.45. The third-order valence-corrected chi connectivity index (χ3v) is 7.45. The molecule has 208 valence electrons. The molecule has 4 rings (SSSR count). The maximum atomic E-state index is 13.1. The number of anilines is 3. The van der Waals surface area contributed by atoms with Crippen LogP contribution in [0.5, 0.6) is 5.75 Å². The summed E-state index contributed by atoms with van der Waals surface area (Å²) in [6.07, 6.45) is 4.95. The number of hydrogen-bond acceptors (Lipinski definition) is 7. The van der Waals surface area contributed by atoms with E-state index in [0.29, 0.717) is 12.0 Å². The molecule has 0 saturated heterocycles. The number of carbonyl (C=O) groups is 1. The van der Waals surface area contributed by atoms with Gasteiger partial charge in [-0.1, -0.05) is 13.3 Å². The minimum Gasteiger partial charge on any atom is -0.497 e. The van der Waals surface area contributed by atoms with Crippen molar-refractivity contribution in [3.05, 3.63) is 70.0 Å². The standard InChI is InChI=1S/C31H42N6O2/c1-8-9-25(14-22(5)34-30(38)27-12-21(4)28(32-6)13-20(27)3)37-17-23-16-33-31(36-29(23)18-37)35-24-10-19(2)11-26(15-24)39-7/h10-13,15-16,22,25,32H,8-9,14,17-18H2,1-7H3,(H,34,38)(H,33,35,36)/t22-,25+/m1/s1. The second-order valence-electron chi connectivity index (χ2n) is 10.7. The molecule has 8 nitrogen and oxygen atoms in total. The van der Waals surface area contributed by atoms with E-state index in [1.807, 2.05) is 58.3 Å². The summed E-state index contributed by atoms with van der Waals surface area (Å²) in [6.45, 7) is 12.0. The van der Waals surface area contributed by atoms with Gasteiger partial charge in [0.05, 0.1) is 12.8 Å². The van der Waals surface area contributed by atoms with Gasteiger partial charge < -0.3 is 20.7 Å². The van der Waals surface area contributed by atoms with Crippen molar-refractivity contribution in [2.45, 2.75) is 79.1 Å². The Morgan fingerprint density at radius 1 is 1.10 bits per heavy atom. The predicted octanol–water partition coefficient (Wildman–Crippen LogP) is 5.89. The van der Waals surface area contributed by atoms with E-state index in [1.54, 1.807) is 7.11 Å². The molecule has 8 heteroatoms. The molecule has 0 radical (unpaired) electrons. The molecule has 1 aromatic heterocycles. The van der Waals surface area contributed by atoms with Gasteiger partial charge in [-0.25, -0.2) is 9.97 Å². The van der Waals surface area contributed by atoms with E-state index < -0.39 is 0 Å². The second kappa shape index (κ2) is 12.5. The van der Waals surface area contributed by atoms with Gasteiger partial charge in [0.25, 0.3) is 5.91 Å². The first-order valence-electron chi connectivity index (χ1n) is 13.8. The Balaban J connectivity index is 1.41. The minimum absolute atomic E-state index is 0.0138. The number of fused-ring (bicyclic) bond motifs is 1. The summed E-state index contributed by atoms with van der Waals surface area (Å²) in [4.78, 5) is 25.0. The molecule has 3 N–H and O–H groups in total. The van der Waals surface area contributed by atoms with Crippen LogP contribution in [0.2, 0.25) is 0 Å². The van der Waals surface area contributed by atoms with Crippen molar-refractivity contribution < 1.29 is 9.53 Å². The summed E-state index contributed by atoms with van der Waals surface area (Å²) in [5.41, 5.74) is 8.05. The Kier molecular flexibility index (Phi) is 9.07. The van der Waals surface area contributed by atoms with Crippen molar-refractivity contribution in [2.24, 2.45) is 0 Å². The maximum Gasteiger partial charge on any atom is 0.251 e. The zero-order valence-electron chi connectivity index (χ0n) is 24.3. The number of aryl methyl sites for hydroxylation is 3. The number of carbonyl (C=O) groups excluding carboxylic acids is 1. The topological polar surface area (TPSA) is 91.4 Å². The van der Waals surface area contributed by atoms with E-state index >= 15 is 0 Å². The summed E-state index contributed by atoms with van der Waals surface area (Å²) in [5, 5.41) is 9.77. The molecule has 0 aliphatic carbocycles. The van der Waals surface area contributed by atoms with Crippen LogP contribution >= 0.6 is 0 Å². The highest BCUT2D eigenvalue weighted by molar-refractivity contribution is 5.96. The third-order valence-electron chi connectivity index (χ3n) is 7.45. The lowest BCUT2D eigenvalue weighted by molar-refractivity contribution is 0.0922. The van der Waals surface area contributed by atoms with Gasteiger partial charge in [-0.3, -0.25) is 9.69 Å². The number of hydrogen-bond donors (Lipinski definition) is 3. The number of nitrogens with one attached hydrogen (secondary N) is 3. The Morgan fingerprint density at radius 3 is 2.62 bits per heavy atom. The number of methoxy groups -OCH3 is 1. The van der Waals surface area contributed by atoms with Crippen molar-refractivity contribution in [3.8, 4) is 5.75 Å². The molecule has 1 aliphatic rings. The monoisotopic (exact) mass is 530 g/mol. The van der Waals surface area contributed by atoms with Crippen LogP contribution in [-0.2, 0) is 13.1 Å². The first-order valence-corrected chi connectivity index (χ1v) is 13.8. The van der Waals surface area contributed by atoms with Gasteiger partial charge in [0.2, 0.25) is 5.95 Å². The molecule has 0 fully saturated rings. The second-order valence-corrected chi connectivity index (χ2v) is 10.7. The number of aromatic nitrogens is 2. The van der Waals surface area contributed by atoms with Gasteiger partial charge in [0.15, 0.2) is 0 Å². The number of rotatable bonds is 11. The van der Waals surface area contributed by atoms with Crippen LogP contribution in [0.4, 0.5) is 17.3 Å². The minimum atomic E-state index is -0.0138. The van der Waals surface area contributed by atoms with Gasteiger partial charge in [0, 0.05) is 67.0 Å². The highest BCUT2D eigenvalue weighted by Crippen LogP contribution is 2.29. The summed E-state index contributed by atoms with van der Waals surface area (Å²) < 4.78 is 5.40. The van der Waals surface area contributed by atoms with Crippen LogP contribution in [-0.4, -0.2) is 47.0 Å². The van der Waals surface area contributed by atoms with Crippen LogP contribution in [0.3, 0.4) is 0 Å². The van der Waals surface area contributed by atoms with Crippen LogP contribution in [0.15, 0.2) is 36.5 Å². The molecule has 2 heterocycles. The number of amides is 1. The number of benzene rings is 2. The van der Waals surface area contributed by atoms with Crippen LogP contribution in [0.1, 0.15) is 71.4 Å². The van der Waals surface area contributed by atoms with Crippen LogP contribution < -0.4 is 20.7 Å². The Morgan fingerprint density at radius 2 is 1.90 bits per heavy atom. The number of ether oxygens (including phenoxy) is 1. The van der Waals surface area contributed by atoms with Crippen LogP contribution in [0.25, 0.3) is 0 Å². The first kappa shape index (κ1) is 28.4. The molecule has 1 amide bonds. The summed E-state index contributed by atoms with van der Waals surface area (Å²) >= 11 is 0. The van der Waals surface area contributed by atoms with E-state index in [4.69, 9.17) is 9.72 Å². The molecule has 3 aromatic rings. The van der Waals surface area contributed by atoms with E-state index in [0.717, 1.165) is 83.0 Å². The average molecular weight is 531 g/mol. The summed E-state index contributed by atoms with van der Waals surface area (Å²) in [5.74, 6) is 1.37. The van der Waals surface area contributed by atoms with E-state index in [2.05, 4.69) is 45.7 Å². The van der Waals surface area contributed by atoms with Crippen LogP contribution in [0, 0.1) is 20.8 Å². The summed E-state index contributed by atoms with van der Waals surface area (Å²) in [7, 11) is 3.57. The fourth-order valence-corrected chi connectivity index (χ4v) is 5.45. The molecule has 0 unspecified atom stereocenters. The van der Waals surface area contributed by atoms with Gasteiger partial charge in [-0.15, -0.1) is 0 Å². The molecular formula is C31H42N6O2. The summed E-state index contributed by atoms with van der Waals surface area (Å²) in [6, 6.07) is 10.4. The Labute approximate surface area is 232 Å². The molecule has 2 aromatic carbocycles. The van der Waals surface area contributed by atoms with Crippen molar-refractivity contribution in [1.82, 2.24) is 20.2 Å². The maximum absolute atomic E-state index is 13.1. The van der Waals surface area contributed by atoms with Crippen molar-refractivity contribution in [2.75, 3.05) is 24.8 Å².